The Kier molecular flexibility index (Phi) is 2.81. The summed E-state index contributed by atoms with van der Waals surface area (Å²) in [5, 5.41) is 0. The molecule has 3 nitrogen and oxygen atoms in total. The topological polar surface area (TPSA) is 25.2 Å². The molecule has 1 aliphatic heterocycles. The van der Waals surface area contributed by atoms with E-state index in [0.29, 0.717) is 13.1 Å². The second-order valence-corrected chi connectivity index (χ2v) is 4.55. The van der Waals surface area contributed by atoms with Gasteiger partial charge in [-0.15, -0.1) is 0 Å². The summed E-state index contributed by atoms with van der Waals surface area (Å²) in [7, 11) is 0. The van der Waals surface area contributed by atoms with E-state index in [1.54, 1.807) is 4.90 Å². The zero-order valence-electron chi connectivity index (χ0n) is 10.1. The maximum Gasteiger partial charge on any atom is 0.254 e. The standard InChI is InChI=1S/C14H12F2N2O/c15-12-4-3-10(8-13(12)16)14(19)18-7-6-17-5-1-2-11(17)9-18/h1-5,8H,6-7,9H2. The summed E-state index contributed by atoms with van der Waals surface area (Å²) >= 11 is 0. The summed E-state index contributed by atoms with van der Waals surface area (Å²) < 4.78 is 28.1. The Morgan fingerprint density at radius 2 is 1.95 bits per heavy atom. The molecule has 3 rings (SSSR count). The number of carbonyl (C=O) groups excluding carboxylic acids is 1. The van der Waals surface area contributed by atoms with E-state index in [-0.39, 0.29) is 11.5 Å². The molecule has 5 heteroatoms. The van der Waals surface area contributed by atoms with E-state index in [9.17, 15) is 13.6 Å². The minimum absolute atomic E-state index is 0.180. The van der Waals surface area contributed by atoms with Crippen molar-refractivity contribution in [3.63, 3.8) is 0 Å². The number of nitrogens with zero attached hydrogens (tertiary/aromatic N) is 2. The number of rotatable bonds is 1. The van der Waals surface area contributed by atoms with Crippen molar-refractivity contribution in [1.29, 1.82) is 0 Å². The molecule has 0 saturated carbocycles. The molecule has 2 aromatic rings. The average Bonchev–Trinajstić information content (AvgIpc) is 2.88. The first kappa shape index (κ1) is 11.9. The molecular formula is C14H12F2N2O. The molecule has 98 valence electrons. The highest BCUT2D eigenvalue weighted by atomic mass is 19.2. The molecule has 1 aromatic heterocycles. The van der Waals surface area contributed by atoms with Gasteiger partial charge in [-0.05, 0) is 30.3 Å². The molecule has 1 aromatic carbocycles. The molecule has 0 bridgehead atoms. The number of carbonyl (C=O) groups is 1. The van der Waals surface area contributed by atoms with Crippen LogP contribution in [0.25, 0.3) is 0 Å². The van der Waals surface area contributed by atoms with E-state index in [1.165, 1.54) is 6.07 Å². The highest BCUT2D eigenvalue weighted by molar-refractivity contribution is 5.94. The summed E-state index contributed by atoms with van der Waals surface area (Å²) in [4.78, 5) is 13.9. The van der Waals surface area contributed by atoms with Gasteiger partial charge >= 0.3 is 0 Å². The Hall–Kier alpha value is -2.17. The maximum absolute atomic E-state index is 13.1. The first-order valence-electron chi connectivity index (χ1n) is 6.03. The van der Waals surface area contributed by atoms with Crippen LogP contribution < -0.4 is 0 Å². The van der Waals surface area contributed by atoms with Crippen molar-refractivity contribution >= 4 is 5.91 Å². The van der Waals surface area contributed by atoms with Crippen molar-refractivity contribution < 1.29 is 13.6 Å². The normalized spacial score (nSPS) is 14.3. The van der Waals surface area contributed by atoms with Gasteiger partial charge in [0, 0.05) is 30.5 Å². The van der Waals surface area contributed by atoms with Crippen molar-refractivity contribution in [2.45, 2.75) is 13.1 Å². The molecule has 0 N–H and O–H groups in total. The van der Waals surface area contributed by atoms with Crippen LogP contribution in [0.1, 0.15) is 16.1 Å². The van der Waals surface area contributed by atoms with Crippen LogP contribution in [0.3, 0.4) is 0 Å². The molecular weight excluding hydrogens is 250 g/mol. The monoisotopic (exact) mass is 262 g/mol. The Morgan fingerprint density at radius 1 is 1.11 bits per heavy atom. The van der Waals surface area contributed by atoms with Gasteiger partial charge in [-0.3, -0.25) is 4.79 Å². The fourth-order valence-electron chi connectivity index (χ4n) is 2.30. The van der Waals surface area contributed by atoms with E-state index in [0.717, 1.165) is 24.4 Å². The van der Waals surface area contributed by atoms with Gasteiger partial charge in [-0.1, -0.05) is 0 Å². The van der Waals surface area contributed by atoms with Crippen molar-refractivity contribution in [1.82, 2.24) is 9.47 Å². The van der Waals surface area contributed by atoms with E-state index in [4.69, 9.17) is 0 Å². The van der Waals surface area contributed by atoms with Crippen LogP contribution in [0.15, 0.2) is 36.5 Å². The van der Waals surface area contributed by atoms with Crippen LogP contribution in [-0.2, 0) is 13.1 Å². The Labute approximate surface area is 109 Å². The minimum atomic E-state index is -0.994. The minimum Gasteiger partial charge on any atom is -0.348 e. The van der Waals surface area contributed by atoms with Crippen LogP contribution >= 0.6 is 0 Å². The van der Waals surface area contributed by atoms with Gasteiger partial charge in [0.15, 0.2) is 11.6 Å². The third kappa shape index (κ3) is 2.12. The second-order valence-electron chi connectivity index (χ2n) is 4.55. The number of benzene rings is 1. The maximum atomic E-state index is 13.1. The van der Waals surface area contributed by atoms with Crippen LogP contribution in [0.2, 0.25) is 0 Å². The lowest BCUT2D eigenvalue weighted by Crippen LogP contribution is -2.37. The lowest BCUT2D eigenvalue weighted by molar-refractivity contribution is 0.0710. The predicted molar refractivity (Wildman–Crippen MR) is 65.5 cm³/mol. The summed E-state index contributed by atoms with van der Waals surface area (Å²) in [5.41, 5.74) is 1.22. The molecule has 19 heavy (non-hydrogen) atoms. The largest absolute Gasteiger partial charge is 0.348 e. The van der Waals surface area contributed by atoms with E-state index in [1.807, 2.05) is 18.3 Å². The smallest absolute Gasteiger partial charge is 0.254 e. The molecule has 0 unspecified atom stereocenters. The zero-order valence-corrected chi connectivity index (χ0v) is 10.1. The lowest BCUT2D eigenvalue weighted by atomic mass is 10.1. The number of aromatic nitrogens is 1. The first-order chi connectivity index (χ1) is 9.15. The number of hydrogen-bond acceptors (Lipinski definition) is 1. The van der Waals surface area contributed by atoms with Crippen LogP contribution in [0.4, 0.5) is 8.78 Å². The number of amides is 1. The van der Waals surface area contributed by atoms with E-state index in [2.05, 4.69) is 4.57 Å². The highest BCUT2D eigenvalue weighted by Gasteiger charge is 2.22. The first-order valence-corrected chi connectivity index (χ1v) is 6.03. The summed E-state index contributed by atoms with van der Waals surface area (Å²) in [6, 6.07) is 7.13. The number of hydrogen-bond donors (Lipinski definition) is 0. The SMILES string of the molecule is O=C(c1ccc(F)c(F)c1)N1CCn2cccc2C1. The quantitative estimate of drug-likeness (QED) is 0.774. The Balaban J connectivity index is 1.83. The fraction of sp³-hybridized carbons (Fsp3) is 0.214. The van der Waals surface area contributed by atoms with Gasteiger partial charge in [-0.2, -0.15) is 0 Å². The molecule has 0 atom stereocenters. The van der Waals surface area contributed by atoms with Gasteiger partial charge in [-0.25, -0.2) is 8.78 Å². The van der Waals surface area contributed by atoms with Crippen LogP contribution in [0, 0.1) is 11.6 Å². The Morgan fingerprint density at radius 3 is 2.74 bits per heavy atom. The Bertz CT molecular complexity index is 636. The molecule has 0 fully saturated rings. The zero-order chi connectivity index (χ0) is 13.4. The summed E-state index contributed by atoms with van der Waals surface area (Å²) in [5.74, 6) is -2.21. The molecule has 0 saturated heterocycles. The lowest BCUT2D eigenvalue weighted by Gasteiger charge is -2.28. The van der Waals surface area contributed by atoms with E-state index < -0.39 is 11.6 Å². The van der Waals surface area contributed by atoms with Crippen molar-refractivity contribution in [3.8, 4) is 0 Å². The fourth-order valence-corrected chi connectivity index (χ4v) is 2.30. The van der Waals surface area contributed by atoms with Gasteiger partial charge in [0.2, 0.25) is 0 Å². The van der Waals surface area contributed by atoms with Gasteiger partial charge in [0.05, 0.1) is 6.54 Å². The number of halogens is 2. The molecule has 0 aliphatic carbocycles. The molecule has 1 amide bonds. The highest BCUT2D eigenvalue weighted by Crippen LogP contribution is 2.17. The van der Waals surface area contributed by atoms with Gasteiger partial charge in [0.1, 0.15) is 0 Å². The van der Waals surface area contributed by atoms with E-state index >= 15 is 0 Å². The van der Waals surface area contributed by atoms with Crippen molar-refractivity contribution in [2.75, 3.05) is 6.54 Å². The van der Waals surface area contributed by atoms with Crippen molar-refractivity contribution in [2.24, 2.45) is 0 Å². The molecule has 2 heterocycles. The third-order valence-corrected chi connectivity index (χ3v) is 3.34. The molecule has 1 aliphatic rings. The summed E-state index contributed by atoms with van der Waals surface area (Å²) in [6.45, 7) is 1.78. The molecule has 0 spiro atoms. The van der Waals surface area contributed by atoms with Crippen LogP contribution in [0.5, 0.6) is 0 Å². The molecule has 0 radical (unpaired) electrons. The average molecular weight is 262 g/mol. The van der Waals surface area contributed by atoms with Gasteiger partial charge in [0.25, 0.3) is 5.91 Å². The second kappa shape index (κ2) is 4.50. The van der Waals surface area contributed by atoms with Crippen molar-refractivity contribution in [3.05, 3.63) is 59.4 Å². The summed E-state index contributed by atoms with van der Waals surface area (Å²) in [6.07, 6.45) is 1.97. The third-order valence-electron chi connectivity index (χ3n) is 3.34. The van der Waals surface area contributed by atoms with Crippen LogP contribution in [-0.4, -0.2) is 21.9 Å². The van der Waals surface area contributed by atoms with Gasteiger partial charge < -0.3 is 9.47 Å². The number of fused-ring (bicyclic) bond motifs is 1. The predicted octanol–water partition coefficient (Wildman–Crippen LogP) is 2.42.